The predicted octanol–water partition coefficient (Wildman–Crippen LogP) is 5.00. The summed E-state index contributed by atoms with van der Waals surface area (Å²) in [7, 11) is 0. The lowest BCUT2D eigenvalue weighted by Gasteiger charge is -2.33. The molecule has 0 aliphatic carbocycles. The summed E-state index contributed by atoms with van der Waals surface area (Å²) >= 11 is 0. The molecule has 3 aromatic heterocycles. The van der Waals surface area contributed by atoms with Gasteiger partial charge in [-0.15, -0.1) is 13.2 Å². The van der Waals surface area contributed by atoms with E-state index in [9.17, 15) is 13.2 Å². The van der Waals surface area contributed by atoms with Crippen LogP contribution in [0.25, 0.3) is 22.3 Å². The molecule has 10 heteroatoms. The molecule has 33 heavy (non-hydrogen) atoms. The molecule has 1 saturated heterocycles. The van der Waals surface area contributed by atoms with Gasteiger partial charge in [0.1, 0.15) is 23.5 Å². The van der Waals surface area contributed by atoms with Crippen molar-refractivity contribution in [2.75, 3.05) is 23.3 Å². The first-order valence-corrected chi connectivity index (χ1v) is 10.6. The van der Waals surface area contributed by atoms with Gasteiger partial charge in [-0.05, 0) is 55.3 Å². The number of halogens is 3. The van der Waals surface area contributed by atoms with Gasteiger partial charge in [-0.25, -0.2) is 9.97 Å². The Kier molecular flexibility index (Phi) is 5.49. The minimum Gasteiger partial charge on any atom is -0.406 e. The lowest BCUT2D eigenvalue weighted by molar-refractivity contribution is -0.274. The third-order valence-corrected chi connectivity index (χ3v) is 5.65. The van der Waals surface area contributed by atoms with Crippen LogP contribution in [0.5, 0.6) is 5.75 Å². The van der Waals surface area contributed by atoms with E-state index in [0.29, 0.717) is 0 Å². The Morgan fingerprint density at radius 2 is 1.73 bits per heavy atom. The lowest BCUT2D eigenvalue weighted by Crippen LogP contribution is -2.39. The number of nitrogens with zero attached hydrogens (tertiary/aromatic N) is 4. The summed E-state index contributed by atoms with van der Waals surface area (Å²) in [4.78, 5) is 18.6. The van der Waals surface area contributed by atoms with Gasteiger partial charge in [0.2, 0.25) is 0 Å². The number of fused-ring (bicyclic) bond motifs is 1. The van der Waals surface area contributed by atoms with Gasteiger partial charge >= 0.3 is 6.36 Å². The van der Waals surface area contributed by atoms with E-state index in [1.165, 1.54) is 12.1 Å². The van der Waals surface area contributed by atoms with Crippen molar-refractivity contribution in [3.63, 3.8) is 0 Å². The number of nitrogens with one attached hydrogen (secondary N) is 2. The van der Waals surface area contributed by atoms with Gasteiger partial charge in [-0.2, -0.15) is 0 Å². The van der Waals surface area contributed by atoms with Crippen LogP contribution in [0.2, 0.25) is 0 Å². The molecule has 4 aromatic rings. The quantitative estimate of drug-likeness (QED) is 0.442. The molecule has 0 atom stereocenters. The smallest absolute Gasteiger partial charge is 0.406 e. The highest BCUT2D eigenvalue weighted by Crippen LogP contribution is 2.31. The van der Waals surface area contributed by atoms with Crippen molar-refractivity contribution in [3.05, 3.63) is 61.2 Å². The van der Waals surface area contributed by atoms with Crippen molar-refractivity contribution < 1.29 is 17.9 Å². The molecular formula is C23H21F3N6O. The number of piperidine rings is 1. The van der Waals surface area contributed by atoms with E-state index in [1.807, 2.05) is 12.1 Å². The van der Waals surface area contributed by atoms with E-state index in [1.54, 1.807) is 30.9 Å². The zero-order chi connectivity index (χ0) is 22.8. The molecule has 1 fully saturated rings. The minimum absolute atomic E-state index is 0.214. The summed E-state index contributed by atoms with van der Waals surface area (Å²) < 4.78 is 40.9. The maximum atomic E-state index is 12.3. The molecular weight excluding hydrogens is 433 g/mol. The Morgan fingerprint density at radius 3 is 2.42 bits per heavy atom. The molecule has 0 spiro atoms. The van der Waals surface area contributed by atoms with Crippen LogP contribution in [0.3, 0.4) is 0 Å². The van der Waals surface area contributed by atoms with Gasteiger partial charge in [0, 0.05) is 48.5 Å². The Bertz CT molecular complexity index is 1220. The van der Waals surface area contributed by atoms with Crippen molar-refractivity contribution in [1.29, 1.82) is 0 Å². The molecule has 0 amide bonds. The van der Waals surface area contributed by atoms with Crippen LogP contribution in [-0.2, 0) is 0 Å². The number of anilines is 2. The number of benzene rings is 1. The van der Waals surface area contributed by atoms with E-state index >= 15 is 0 Å². The normalized spacial score (nSPS) is 15.1. The molecule has 0 bridgehead atoms. The summed E-state index contributed by atoms with van der Waals surface area (Å²) in [6.45, 7) is 1.60. The van der Waals surface area contributed by atoms with E-state index in [4.69, 9.17) is 0 Å². The summed E-state index contributed by atoms with van der Waals surface area (Å²) in [6, 6.07) is 12.0. The van der Waals surface area contributed by atoms with E-state index < -0.39 is 6.36 Å². The number of alkyl halides is 3. The van der Waals surface area contributed by atoms with Crippen molar-refractivity contribution in [3.8, 4) is 17.0 Å². The lowest BCUT2D eigenvalue weighted by atomic mass is 10.0. The second kappa shape index (κ2) is 8.61. The molecule has 0 saturated carbocycles. The first-order chi connectivity index (χ1) is 15.9. The van der Waals surface area contributed by atoms with Crippen molar-refractivity contribution in [2.24, 2.45) is 0 Å². The van der Waals surface area contributed by atoms with Gasteiger partial charge in [0.15, 0.2) is 0 Å². The Hall–Kier alpha value is -3.82. The Balaban J connectivity index is 1.24. The van der Waals surface area contributed by atoms with Gasteiger partial charge in [0.05, 0.1) is 5.39 Å². The molecule has 0 radical (unpaired) electrons. The molecule has 1 aromatic carbocycles. The standard InChI is InChI=1S/C23H21F3N6O/c24-23(25,26)33-18-3-1-16(2-4-18)30-17-7-11-32(12-8-17)22-19-13-20(15-5-9-27-10-6-15)31-21(19)28-14-29-22/h1-6,9-10,13-14,17,30H,7-8,11-12H2,(H,28,29,31). The van der Waals surface area contributed by atoms with Gasteiger partial charge in [0.25, 0.3) is 0 Å². The summed E-state index contributed by atoms with van der Waals surface area (Å²) in [6.07, 6.45) is 2.12. The monoisotopic (exact) mass is 454 g/mol. The maximum absolute atomic E-state index is 12.3. The summed E-state index contributed by atoms with van der Waals surface area (Å²) in [5, 5.41) is 4.37. The maximum Gasteiger partial charge on any atom is 0.573 e. The number of hydrogen-bond acceptors (Lipinski definition) is 6. The van der Waals surface area contributed by atoms with Gasteiger partial charge in [-0.1, -0.05) is 0 Å². The van der Waals surface area contributed by atoms with Gasteiger partial charge < -0.3 is 19.9 Å². The predicted molar refractivity (Wildman–Crippen MR) is 119 cm³/mol. The summed E-state index contributed by atoms with van der Waals surface area (Å²) in [5.41, 5.74) is 3.54. The van der Waals surface area contributed by atoms with E-state index in [-0.39, 0.29) is 11.8 Å². The molecule has 1 aliphatic rings. The van der Waals surface area contributed by atoms with Crippen LogP contribution in [0, 0.1) is 0 Å². The number of pyridine rings is 1. The minimum atomic E-state index is -4.69. The average molecular weight is 454 g/mol. The first kappa shape index (κ1) is 21.0. The molecule has 5 rings (SSSR count). The van der Waals surface area contributed by atoms with E-state index in [0.717, 1.165) is 59.7 Å². The number of rotatable bonds is 5. The van der Waals surface area contributed by atoms with Crippen LogP contribution < -0.4 is 15.0 Å². The molecule has 170 valence electrons. The fourth-order valence-corrected chi connectivity index (χ4v) is 4.09. The number of aromatic nitrogens is 4. The third kappa shape index (κ3) is 4.84. The topological polar surface area (TPSA) is 79.0 Å². The van der Waals surface area contributed by atoms with Crippen LogP contribution >= 0.6 is 0 Å². The fraction of sp³-hybridized carbons (Fsp3) is 0.261. The fourth-order valence-electron chi connectivity index (χ4n) is 4.09. The van der Waals surface area contributed by atoms with Crippen molar-refractivity contribution in [1.82, 2.24) is 19.9 Å². The zero-order valence-corrected chi connectivity index (χ0v) is 17.5. The highest BCUT2D eigenvalue weighted by Gasteiger charge is 2.31. The van der Waals surface area contributed by atoms with E-state index in [2.05, 4.69) is 41.0 Å². The average Bonchev–Trinajstić information content (AvgIpc) is 3.25. The summed E-state index contributed by atoms with van der Waals surface area (Å²) in [5.74, 6) is 0.664. The van der Waals surface area contributed by atoms with Crippen molar-refractivity contribution in [2.45, 2.75) is 25.2 Å². The zero-order valence-electron chi connectivity index (χ0n) is 17.5. The third-order valence-electron chi connectivity index (χ3n) is 5.65. The Labute approximate surface area is 187 Å². The van der Waals surface area contributed by atoms with Crippen LogP contribution in [-0.4, -0.2) is 45.4 Å². The van der Waals surface area contributed by atoms with Gasteiger partial charge in [-0.3, -0.25) is 4.98 Å². The molecule has 0 unspecified atom stereocenters. The SMILES string of the molecule is FC(F)(F)Oc1ccc(NC2CCN(c3ncnc4[nH]c(-c5ccncc5)cc34)CC2)cc1. The largest absolute Gasteiger partial charge is 0.573 e. The van der Waals surface area contributed by atoms with Crippen LogP contribution in [0.4, 0.5) is 24.7 Å². The molecule has 1 aliphatic heterocycles. The number of ether oxygens (including phenoxy) is 1. The van der Waals surface area contributed by atoms with Crippen LogP contribution in [0.15, 0.2) is 61.2 Å². The number of H-pyrrole nitrogens is 1. The first-order valence-electron chi connectivity index (χ1n) is 10.6. The number of hydrogen-bond donors (Lipinski definition) is 2. The molecule has 4 heterocycles. The Morgan fingerprint density at radius 1 is 1.00 bits per heavy atom. The second-order valence-electron chi connectivity index (χ2n) is 7.86. The molecule has 2 N–H and O–H groups in total. The van der Waals surface area contributed by atoms with Crippen LogP contribution in [0.1, 0.15) is 12.8 Å². The highest BCUT2D eigenvalue weighted by molar-refractivity contribution is 5.91. The molecule has 7 nitrogen and oxygen atoms in total. The van der Waals surface area contributed by atoms with Crippen molar-refractivity contribution >= 4 is 22.5 Å². The highest BCUT2D eigenvalue weighted by atomic mass is 19.4. The second-order valence-corrected chi connectivity index (χ2v) is 7.86. The number of aromatic amines is 1.